The van der Waals surface area contributed by atoms with Crippen LogP contribution < -0.4 is 10.8 Å². The molecule has 33 heavy (non-hydrogen) atoms. The number of nitrogens with one attached hydrogen (secondary N) is 3. The highest BCUT2D eigenvalue weighted by Gasteiger charge is 2.30. The van der Waals surface area contributed by atoms with Crippen molar-refractivity contribution >= 4 is 21.7 Å². The molecular weight excluding hydrogens is 436 g/mol. The Kier molecular flexibility index (Phi) is 7.42. The van der Waals surface area contributed by atoms with E-state index in [4.69, 9.17) is 5.41 Å². The van der Waals surface area contributed by atoms with Crippen molar-refractivity contribution in [3.8, 4) is 11.3 Å². The molecule has 2 heterocycles. The van der Waals surface area contributed by atoms with E-state index < -0.39 is 9.84 Å². The molecule has 2 aromatic rings. The molecule has 1 aromatic heterocycles. The summed E-state index contributed by atoms with van der Waals surface area (Å²) in [7, 11) is -2.86. The Balaban J connectivity index is 1.39. The number of hydrogen-bond acceptors (Lipinski definition) is 4. The summed E-state index contributed by atoms with van der Waals surface area (Å²) in [6.45, 7) is 0. The minimum Gasteiger partial charge on any atom is -0.340 e. The Bertz CT molecular complexity index is 1160. The quantitative estimate of drug-likeness (QED) is 0.470. The summed E-state index contributed by atoms with van der Waals surface area (Å²) in [4.78, 5) is 19.2. The molecule has 7 nitrogen and oxygen atoms in total. The molecule has 0 spiro atoms. The SMILES string of the molecule is N=C(/N=c1/cccc(-c2ccc(CC3CCCCS(=O)(=O)CCC3)cc2)[nH]1)NC(=O)C1CC1. The molecule has 4 rings (SSSR count). The zero-order valence-corrected chi connectivity index (χ0v) is 19.7. The summed E-state index contributed by atoms with van der Waals surface area (Å²) in [5.41, 5.74) is 3.68. The molecule has 1 saturated carbocycles. The maximum atomic E-state index is 11.9. The number of guanidine groups is 1. The van der Waals surface area contributed by atoms with Crippen molar-refractivity contribution in [3.05, 3.63) is 53.5 Å². The van der Waals surface area contributed by atoms with Crippen LogP contribution in [0.15, 0.2) is 47.5 Å². The molecule has 0 radical (unpaired) electrons. The molecule has 1 unspecified atom stereocenters. The van der Waals surface area contributed by atoms with Crippen molar-refractivity contribution in [1.82, 2.24) is 10.3 Å². The number of rotatable bonds is 4. The first-order valence-corrected chi connectivity index (χ1v) is 13.6. The molecule has 3 N–H and O–H groups in total. The van der Waals surface area contributed by atoms with Crippen LogP contribution in [0.25, 0.3) is 11.3 Å². The van der Waals surface area contributed by atoms with Gasteiger partial charge >= 0.3 is 0 Å². The number of sulfone groups is 1. The van der Waals surface area contributed by atoms with E-state index in [2.05, 4.69) is 39.6 Å². The van der Waals surface area contributed by atoms with Crippen LogP contribution in [0, 0.1) is 17.2 Å². The van der Waals surface area contributed by atoms with Crippen LogP contribution in [0.3, 0.4) is 0 Å². The third-order valence-electron chi connectivity index (χ3n) is 6.38. The van der Waals surface area contributed by atoms with E-state index in [0.29, 0.717) is 22.9 Å². The van der Waals surface area contributed by atoms with Crippen LogP contribution in [0.2, 0.25) is 0 Å². The van der Waals surface area contributed by atoms with Crippen molar-refractivity contribution in [2.45, 2.75) is 51.4 Å². The van der Waals surface area contributed by atoms with E-state index in [-0.39, 0.29) is 17.8 Å². The zero-order chi connectivity index (χ0) is 23.3. The van der Waals surface area contributed by atoms with E-state index in [9.17, 15) is 13.2 Å². The molecule has 2 fully saturated rings. The summed E-state index contributed by atoms with van der Waals surface area (Å²) in [5.74, 6) is 0.934. The predicted molar refractivity (Wildman–Crippen MR) is 129 cm³/mol. The Morgan fingerprint density at radius 2 is 1.73 bits per heavy atom. The van der Waals surface area contributed by atoms with Gasteiger partial charge in [-0.2, -0.15) is 4.99 Å². The van der Waals surface area contributed by atoms with Gasteiger partial charge in [0, 0.05) is 11.6 Å². The molecular formula is C25H32N4O3S. The number of pyridine rings is 1. The number of H-pyrrole nitrogens is 1. The fourth-order valence-corrected chi connectivity index (χ4v) is 5.81. The minimum absolute atomic E-state index is 0.0364. The lowest BCUT2D eigenvalue weighted by Gasteiger charge is -2.16. The van der Waals surface area contributed by atoms with Gasteiger partial charge in [0.05, 0.1) is 11.5 Å². The summed E-state index contributed by atoms with van der Waals surface area (Å²) in [6, 6.07) is 14.0. The van der Waals surface area contributed by atoms with E-state index in [1.54, 1.807) is 6.07 Å². The second-order valence-corrected chi connectivity index (χ2v) is 11.5. The monoisotopic (exact) mass is 468 g/mol. The van der Waals surface area contributed by atoms with Crippen molar-refractivity contribution in [2.24, 2.45) is 16.8 Å². The van der Waals surface area contributed by atoms with Crippen molar-refractivity contribution in [1.29, 1.82) is 5.41 Å². The largest absolute Gasteiger partial charge is 0.340 e. The van der Waals surface area contributed by atoms with Gasteiger partial charge in [-0.1, -0.05) is 43.2 Å². The van der Waals surface area contributed by atoms with Gasteiger partial charge < -0.3 is 4.98 Å². The lowest BCUT2D eigenvalue weighted by molar-refractivity contribution is -0.120. The molecule has 1 amide bonds. The van der Waals surface area contributed by atoms with Crippen LogP contribution in [-0.4, -0.2) is 36.8 Å². The number of benzene rings is 1. The Morgan fingerprint density at radius 1 is 1.00 bits per heavy atom. The van der Waals surface area contributed by atoms with Gasteiger partial charge in [-0.25, -0.2) is 8.42 Å². The van der Waals surface area contributed by atoms with E-state index in [1.165, 1.54) is 5.56 Å². The molecule has 0 bridgehead atoms. The van der Waals surface area contributed by atoms with Crippen molar-refractivity contribution in [3.63, 3.8) is 0 Å². The number of hydrogen-bond donors (Lipinski definition) is 3. The lowest BCUT2D eigenvalue weighted by Crippen LogP contribution is -2.31. The van der Waals surface area contributed by atoms with Crippen molar-refractivity contribution < 1.29 is 13.2 Å². The maximum absolute atomic E-state index is 11.9. The highest BCUT2D eigenvalue weighted by molar-refractivity contribution is 7.91. The van der Waals surface area contributed by atoms with Gasteiger partial charge in [-0.05, 0) is 67.7 Å². The topological polar surface area (TPSA) is 115 Å². The van der Waals surface area contributed by atoms with Gasteiger partial charge in [-0.15, -0.1) is 0 Å². The molecule has 1 atom stereocenters. The van der Waals surface area contributed by atoms with E-state index in [1.807, 2.05) is 12.1 Å². The Morgan fingerprint density at radius 3 is 2.48 bits per heavy atom. The van der Waals surface area contributed by atoms with Gasteiger partial charge in [-0.3, -0.25) is 15.5 Å². The number of aromatic nitrogens is 1. The van der Waals surface area contributed by atoms with Crippen LogP contribution >= 0.6 is 0 Å². The van der Waals surface area contributed by atoms with E-state index in [0.717, 1.165) is 62.6 Å². The van der Waals surface area contributed by atoms with Gasteiger partial charge in [0.15, 0.2) is 0 Å². The number of amides is 1. The molecule has 1 aliphatic heterocycles. The number of aromatic amines is 1. The van der Waals surface area contributed by atoms with Crippen LogP contribution in [-0.2, 0) is 21.1 Å². The van der Waals surface area contributed by atoms with Crippen LogP contribution in [0.4, 0.5) is 0 Å². The lowest BCUT2D eigenvalue weighted by atomic mass is 9.90. The maximum Gasteiger partial charge on any atom is 0.229 e. The summed E-state index contributed by atoms with van der Waals surface area (Å²) in [5, 5.41) is 10.5. The van der Waals surface area contributed by atoms with Gasteiger partial charge in [0.25, 0.3) is 0 Å². The van der Waals surface area contributed by atoms with Crippen LogP contribution in [0.1, 0.15) is 50.5 Å². The fourth-order valence-electron chi connectivity index (χ4n) is 4.35. The average Bonchev–Trinajstić information content (AvgIpc) is 3.62. The Labute approximate surface area is 195 Å². The third-order valence-corrected chi connectivity index (χ3v) is 8.20. The Hall–Kier alpha value is -2.74. The van der Waals surface area contributed by atoms with Gasteiger partial charge in [0.1, 0.15) is 15.3 Å². The van der Waals surface area contributed by atoms with Crippen LogP contribution in [0.5, 0.6) is 0 Å². The summed E-state index contributed by atoms with van der Waals surface area (Å²) >= 11 is 0. The number of nitrogens with zero attached hydrogens (tertiary/aromatic N) is 1. The highest BCUT2D eigenvalue weighted by atomic mass is 32.2. The number of carbonyl (C=O) groups is 1. The molecule has 1 aromatic carbocycles. The second-order valence-electron chi connectivity index (χ2n) is 9.23. The highest BCUT2D eigenvalue weighted by Crippen LogP contribution is 2.28. The first kappa shape index (κ1) is 23.4. The summed E-state index contributed by atoms with van der Waals surface area (Å²) < 4.78 is 23.9. The fraction of sp³-hybridized carbons (Fsp3) is 0.480. The number of carbonyl (C=O) groups excluding carboxylic acids is 1. The summed E-state index contributed by atoms with van der Waals surface area (Å²) in [6.07, 6.45) is 7.29. The smallest absolute Gasteiger partial charge is 0.229 e. The second kappa shape index (κ2) is 10.5. The molecule has 1 aliphatic carbocycles. The first-order valence-electron chi connectivity index (χ1n) is 11.8. The van der Waals surface area contributed by atoms with E-state index >= 15 is 0 Å². The molecule has 1 saturated heterocycles. The predicted octanol–water partition coefficient (Wildman–Crippen LogP) is 3.58. The molecule has 8 heteroatoms. The normalized spacial score (nSPS) is 21.5. The first-order chi connectivity index (χ1) is 15.9. The molecule has 2 aliphatic rings. The minimum atomic E-state index is -2.86. The van der Waals surface area contributed by atoms with Crippen molar-refractivity contribution in [2.75, 3.05) is 11.5 Å². The van der Waals surface area contributed by atoms with Gasteiger partial charge in [0.2, 0.25) is 11.9 Å². The standard InChI is InChI=1S/C25H32N4O3S/c26-25(29-24(30)21-13-14-21)28-23-8-3-7-22(27-23)20-11-9-19(10-12-20)17-18-5-1-2-15-33(31,32)16-4-6-18/h3,7-12,18,21H,1-2,4-6,13-17H2,(H3,26,27,28,29,30). The average molecular weight is 469 g/mol. The molecule has 176 valence electrons. The zero-order valence-electron chi connectivity index (χ0n) is 18.8. The third kappa shape index (κ3) is 7.12.